The minimum absolute atomic E-state index is 0.0693. The molecule has 166 valence electrons. The molecule has 0 radical (unpaired) electrons. The van der Waals surface area contributed by atoms with Crippen LogP contribution < -0.4 is 20.5 Å². The number of anilines is 2. The molecule has 1 aliphatic heterocycles. The van der Waals surface area contributed by atoms with Gasteiger partial charge in [0.15, 0.2) is 0 Å². The Morgan fingerprint density at radius 3 is 2.55 bits per heavy atom. The van der Waals surface area contributed by atoms with E-state index in [-0.39, 0.29) is 29.2 Å². The van der Waals surface area contributed by atoms with Crippen molar-refractivity contribution >= 4 is 33.2 Å². The van der Waals surface area contributed by atoms with Gasteiger partial charge < -0.3 is 15.4 Å². The SMILES string of the molecule is COc1ccc(NC(=O)C2CCCN2CCC(=O)Nc2cccc(S(N)(=O)=O)c2)cc1. The standard InChI is InChI=1S/C21H26N4O5S/c1-30-17-9-7-15(8-10-17)24-21(27)19-6-3-12-25(19)13-11-20(26)23-16-4-2-5-18(14-16)31(22,28)29/h2,4-5,7-10,14,19H,3,6,11-13H2,1H3,(H,23,26)(H,24,27)(H2,22,28,29). The lowest BCUT2D eigenvalue weighted by atomic mass is 10.2. The lowest BCUT2D eigenvalue weighted by Gasteiger charge is -2.23. The molecule has 1 unspecified atom stereocenters. The molecule has 0 saturated carbocycles. The molecule has 1 fully saturated rings. The molecule has 3 rings (SSSR count). The summed E-state index contributed by atoms with van der Waals surface area (Å²) in [5.74, 6) is 0.331. The fourth-order valence-corrected chi connectivity index (χ4v) is 4.07. The highest BCUT2D eigenvalue weighted by Gasteiger charge is 2.30. The van der Waals surface area contributed by atoms with Crippen LogP contribution in [0.5, 0.6) is 5.75 Å². The van der Waals surface area contributed by atoms with Gasteiger partial charge in [-0.05, 0) is 61.9 Å². The molecular formula is C21H26N4O5S. The molecule has 2 aromatic rings. The summed E-state index contributed by atoms with van der Waals surface area (Å²) in [6.07, 6.45) is 1.77. The van der Waals surface area contributed by atoms with Gasteiger partial charge in [0.1, 0.15) is 5.75 Å². The lowest BCUT2D eigenvalue weighted by Crippen LogP contribution is -2.40. The topological polar surface area (TPSA) is 131 Å². The first-order valence-electron chi connectivity index (χ1n) is 9.88. The number of benzene rings is 2. The highest BCUT2D eigenvalue weighted by atomic mass is 32.2. The molecule has 4 N–H and O–H groups in total. The van der Waals surface area contributed by atoms with Crippen LogP contribution in [0.2, 0.25) is 0 Å². The van der Waals surface area contributed by atoms with Crippen molar-refractivity contribution in [2.75, 3.05) is 30.8 Å². The van der Waals surface area contributed by atoms with Gasteiger partial charge >= 0.3 is 0 Å². The summed E-state index contributed by atoms with van der Waals surface area (Å²) < 4.78 is 28.0. The van der Waals surface area contributed by atoms with Crippen molar-refractivity contribution in [2.24, 2.45) is 5.14 Å². The van der Waals surface area contributed by atoms with Gasteiger partial charge in [-0.15, -0.1) is 0 Å². The third-order valence-corrected chi connectivity index (χ3v) is 6.01. The van der Waals surface area contributed by atoms with Crippen molar-refractivity contribution in [3.8, 4) is 5.75 Å². The van der Waals surface area contributed by atoms with Gasteiger partial charge in [0.25, 0.3) is 0 Å². The number of methoxy groups -OCH3 is 1. The molecule has 31 heavy (non-hydrogen) atoms. The summed E-state index contributed by atoms with van der Waals surface area (Å²) in [6, 6.07) is 12.6. The van der Waals surface area contributed by atoms with Crippen LogP contribution in [0.4, 0.5) is 11.4 Å². The van der Waals surface area contributed by atoms with E-state index in [0.717, 1.165) is 19.4 Å². The number of nitrogens with zero attached hydrogens (tertiary/aromatic N) is 1. The molecule has 1 saturated heterocycles. The third kappa shape index (κ3) is 6.27. The van der Waals surface area contributed by atoms with E-state index in [0.29, 0.717) is 23.7 Å². The monoisotopic (exact) mass is 446 g/mol. The molecule has 1 heterocycles. The number of sulfonamides is 1. The van der Waals surface area contributed by atoms with Crippen molar-refractivity contribution in [1.82, 2.24) is 4.90 Å². The van der Waals surface area contributed by atoms with Crippen LogP contribution in [0.15, 0.2) is 53.4 Å². The van der Waals surface area contributed by atoms with Crippen LogP contribution in [0.1, 0.15) is 19.3 Å². The van der Waals surface area contributed by atoms with Crippen molar-refractivity contribution in [2.45, 2.75) is 30.2 Å². The van der Waals surface area contributed by atoms with Crippen LogP contribution in [-0.2, 0) is 19.6 Å². The van der Waals surface area contributed by atoms with Gasteiger partial charge in [-0.3, -0.25) is 14.5 Å². The Labute approximate surface area is 181 Å². The molecule has 0 aromatic heterocycles. The van der Waals surface area contributed by atoms with Gasteiger partial charge in [0.2, 0.25) is 21.8 Å². The largest absolute Gasteiger partial charge is 0.497 e. The molecule has 0 aliphatic carbocycles. The Morgan fingerprint density at radius 2 is 1.87 bits per heavy atom. The van der Waals surface area contributed by atoms with E-state index in [9.17, 15) is 18.0 Å². The molecule has 2 aromatic carbocycles. The van der Waals surface area contributed by atoms with Crippen LogP contribution in [0, 0.1) is 0 Å². The Hall–Kier alpha value is -2.95. The normalized spacial score (nSPS) is 16.6. The number of ether oxygens (including phenoxy) is 1. The molecule has 1 aliphatic rings. The maximum absolute atomic E-state index is 12.7. The molecular weight excluding hydrogens is 420 g/mol. The number of carbonyl (C=O) groups is 2. The van der Waals surface area contributed by atoms with E-state index >= 15 is 0 Å². The molecule has 0 bridgehead atoms. The number of nitrogens with two attached hydrogens (primary N) is 1. The van der Waals surface area contributed by atoms with Gasteiger partial charge in [0.05, 0.1) is 18.0 Å². The summed E-state index contributed by atoms with van der Waals surface area (Å²) in [6.45, 7) is 1.15. The number of amides is 2. The van der Waals surface area contributed by atoms with E-state index in [1.54, 1.807) is 37.4 Å². The van der Waals surface area contributed by atoms with Gasteiger partial charge in [-0.2, -0.15) is 0 Å². The fraction of sp³-hybridized carbons (Fsp3) is 0.333. The predicted octanol–water partition coefficient (Wildman–Crippen LogP) is 1.77. The maximum Gasteiger partial charge on any atom is 0.241 e. The minimum Gasteiger partial charge on any atom is -0.497 e. The van der Waals surface area contributed by atoms with Gasteiger partial charge in [-0.1, -0.05) is 6.07 Å². The summed E-state index contributed by atoms with van der Waals surface area (Å²) >= 11 is 0. The Bertz CT molecular complexity index is 1040. The molecule has 10 heteroatoms. The zero-order valence-corrected chi connectivity index (χ0v) is 18.0. The van der Waals surface area contributed by atoms with Crippen LogP contribution >= 0.6 is 0 Å². The quantitative estimate of drug-likeness (QED) is 0.566. The van der Waals surface area contributed by atoms with Gasteiger partial charge in [-0.25, -0.2) is 13.6 Å². The zero-order chi connectivity index (χ0) is 22.4. The van der Waals surface area contributed by atoms with Crippen molar-refractivity contribution in [1.29, 1.82) is 0 Å². The smallest absolute Gasteiger partial charge is 0.241 e. The molecule has 1 atom stereocenters. The average molecular weight is 447 g/mol. The minimum atomic E-state index is -3.84. The average Bonchev–Trinajstić information content (AvgIpc) is 3.21. The molecule has 9 nitrogen and oxygen atoms in total. The van der Waals surface area contributed by atoms with Crippen LogP contribution in [0.25, 0.3) is 0 Å². The van der Waals surface area contributed by atoms with Crippen molar-refractivity contribution in [3.05, 3.63) is 48.5 Å². The summed E-state index contributed by atoms with van der Waals surface area (Å²) in [5.41, 5.74) is 1.04. The summed E-state index contributed by atoms with van der Waals surface area (Å²) in [4.78, 5) is 26.9. The highest BCUT2D eigenvalue weighted by molar-refractivity contribution is 7.89. The first-order chi connectivity index (χ1) is 14.8. The number of rotatable bonds is 8. The second-order valence-electron chi connectivity index (χ2n) is 7.28. The van der Waals surface area contributed by atoms with E-state index in [1.165, 1.54) is 18.2 Å². The van der Waals surface area contributed by atoms with Crippen LogP contribution in [-0.4, -0.2) is 51.4 Å². The number of hydrogen-bond acceptors (Lipinski definition) is 6. The van der Waals surface area contributed by atoms with Gasteiger partial charge in [0, 0.05) is 24.3 Å². The Kier molecular flexibility index (Phi) is 7.26. The predicted molar refractivity (Wildman–Crippen MR) is 117 cm³/mol. The maximum atomic E-state index is 12.7. The van der Waals surface area contributed by atoms with E-state index in [4.69, 9.17) is 9.88 Å². The van der Waals surface area contributed by atoms with E-state index in [2.05, 4.69) is 10.6 Å². The lowest BCUT2D eigenvalue weighted by molar-refractivity contribution is -0.121. The van der Waals surface area contributed by atoms with Crippen molar-refractivity contribution in [3.63, 3.8) is 0 Å². The summed E-state index contributed by atoms with van der Waals surface area (Å²) in [7, 11) is -2.26. The first kappa shape index (κ1) is 22.7. The second-order valence-corrected chi connectivity index (χ2v) is 8.84. The number of likely N-dealkylation sites (tertiary alicyclic amines) is 1. The second kappa shape index (κ2) is 9.90. The number of carbonyl (C=O) groups excluding carboxylic acids is 2. The molecule has 0 spiro atoms. The third-order valence-electron chi connectivity index (χ3n) is 5.10. The first-order valence-corrected chi connectivity index (χ1v) is 11.4. The number of nitrogens with one attached hydrogen (secondary N) is 2. The number of hydrogen-bond donors (Lipinski definition) is 3. The fourth-order valence-electron chi connectivity index (χ4n) is 3.51. The highest BCUT2D eigenvalue weighted by Crippen LogP contribution is 2.21. The summed E-state index contributed by atoms with van der Waals surface area (Å²) in [5, 5.41) is 10.7. The zero-order valence-electron chi connectivity index (χ0n) is 17.2. The van der Waals surface area contributed by atoms with Crippen LogP contribution in [0.3, 0.4) is 0 Å². The Morgan fingerprint density at radius 1 is 1.13 bits per heavy atom. The van der Waals surface area contributed by atoms with E-state index in [1.807, 2.05) is 4.90 Å². The Balaban J connectivity index is 1.53. The van der Waals surface area contributed by atoms with E-state index < -0.39 is 10.0 Å². The van der Waals surface area contributed by atoms with Crippen molar-refractivity contribution < 1.29 is 22.7 Å². The number of primary sulfonamides is 1. The molecule has 2 amide bonds.